The van der Waals surface area contributed by atoms with Crippen molar-refractivity contribution < 1.29 is 13.6 Å². The number of rotatable bonds is 12. The van der Waals surface area contributed by atoms with Crippen LogP contribution in [0.3, 0.4) is 0 Å². The lowest BCUT2D eigenvalue weighted by molar-refractivity contribution is 0.107. The third kappa shape index (κ3) is 11.5. The molecule has 7 heteroatoms. The Balaban J connectivity index is 3.91. The van der Waals surface area contributed by atoms with E-state index in [0.29, 0.717) is 12.8 Å². The van der Waals surface area contributed by atoms with Crippen molar-refractivity contribution >= 4 is 7.75 Å². The highest BCUT2D eigenvalue weighted by atomic mass is 31.2. The van der Waals surface area contributed by atoms with E-state index in [0.717, 1.165) is 38.5 Å². The first kappa shape index (κ1) is 19.0. The normalized spacial score (nSPS) is 17.9. The smallest absolute Gasteiger partial charge is 0.306 e. The SMILES string of the molecule is CCCCCC(N)OP(N)(=O)OC(N)CCCCC. The molecule has 0 radical (unpaired) electrons. The van der Waals surface area contributed by atoms with Crippen LogP contribution in [0.15, 0.2) is 0 Å². The largest absolute Gasteiger partial charge is 0.405 e. The molecule has 6 N–H and O–H groups in total. The molecule has 2 unspecified atom stereocenters. The molecule has 0 amide bonds. The molecule has 0 saturated heterocycles. The maximum Gasteiger partial charge on any atom is 0.405 e. The van der Waals surface area contributed by atoms with Crippen molar-refractivity contribution in [2.24, 2.45) is 17.0 Å². The molecule has 0 aliphatic rings. The zero-order chi connectivity index (χ0) is 14.7. The average molecular weight is 295 g/mol. The molecule has 19 heavy (non-hydrogen) atoms. The second-order valence-corrected chi connectivity index (χ2v) is 6.32. The van der Waals surface area contributed by atoms with Gasteiger partial charge in [0, 0.05) is 0 Å². The van der Waals surface area contributed by atoms with E-state index in [1.165, 1.54) is 0 Å². The molecule has 0 aromatic rings. The lowest BCUT2D eigenvalue weighted by Crippen LogP contribution is -2.29. The van der Waals surface area contributed by atoms with Crippen molar-refractivity contribution in [3.63, 3.8) is 0 Å². The van der Waals surface area contributed by atoms with Gasteiger partial charge in [0.05, 0.1) is 0 Å². The second-order valence-electron chi connectivity index (χ2n) is 4.82. The van der Waals surface area contributed by atoms with Crippen molar-refractivity contribution in [2.45, 2.75) is 77.7 Å². The molecule has 0 saturated carbocycles. The van der Waals surface area contributed by atoms with E-state index in [-0.39, 0.29) is 0 Å². The van der Waals surface area contributed by atoms with Gasteiger partial charge in [0.15, 0.2) is 0 Å². The van der Waals surface area contributed by atoms with E-state index in [1.54, 1.807) is 0 Å². The molecule has 6 nitrogen and oxygen atoms in total. The van der Waals surface area contributed by atoms with Crippen LogP contribution in [0.2, 0.25) is 0 Å². The molecule has 0 fully saturated rings. The minimum Gasteiger partial charge on any atom is -0.306 e. The highest BCUT2D eigenvalue weighted by molar-refractivity contribution is 7.51. The molecule has 116 valence electrons. The average Bonchev–Trinajstić information content (AvgIpc) is 2.28. The standard InChI is InChI=1S/C12H30N3O3P/c1-3-5-7-9-11(13)17-19(15,16)18-12(14)10-8-6-4-2/h11-12H,3-10,13-14H2,1-2H3,(H2,15,16). The van der Waals surface area contributed by atoms with Crippen LogP contribution >= 0.6 is 7.75 Å². The van der Waals surface area contributed by atoms with E-state index in [9.17, 15) is 4.57 Å². The summed E-state index contributed by atoms with van der Waals surface area (Å²) in [7, 11) is -3.65. The summed E-state index contributed by atoms with van der Waals surface area (Å²) >= 11 is 0. The van der Waals surface area contributed by atoms with Crippen LogP contribution in [0.4, 0.5) is 0 Å². The van der Waals surface area contributed by atoms with Crippen LogP contribution in [0, 0.1) is 0 Å². The maximum atomic E-state index is 11.9. The summed E-state index contributed by atoms with van der Waals surface area (Å²) in [5, 5.41) is 0. The van der Waals surface area contributed by atoms with E-state index in [4.69, 9.17) is 26.0 Å². The summed E-state index contributed by atoms with van der Waals surface area (Å²) < 4.78 is 22.0. The van der Waals surface area contributed by atoms with Gasteiger partial charge < -0.3 is 11.5 Å². The third-order valence-corrected chi connectivity index (χ3v) is 3.88. The van der Waals surface area contributed by atoms with Gasteiger partial charge in [-0.3, -0.25) is 9.05 Å². The Hall–Kier alpha value is 0.0300. The van der Waals surface area contributed by atoms with Gasteiger partial charge in [0.25, 0.3) is 0 Å². The second kappa shape index (κ2) is 10.8. The van der Waals surface area contributed by atoms with Crippen molar-refractivity contribution in [3.8, 4) is 0 Å². The Morgan fingerprint density at radius 3 is 1.58 bits per heavy atom. The monoisotopic (exact) mass is 295 g/mol. The van der Waals surface area contributed by atoms with Gasteiger partial charge in [-0.2, -0.15) is 0 Å². The fraction of sp³-hybridized carbons (Fsp3) is 1.00. The van der Waals surface area contributed by atoms with Gasteiger partial charge in [-0.05, 0) is 25.7 Å². The van der Waals surface area contributed by atoms with Crippen LogP contribution in [0.5, 0.6) is 0 Å². The van der Waals surface area contributed by atoms with Gasteiger partial charge >= 0.3 is 7.75 Å². The highest BCUT2D eigenvalue weighted by Gasteiger charge is 2.25. The minimum absolute atomic E-state index is 0.615. The number of unbranched alkanes of at least 4 members (excludes halogenated alkanes) is 4. The van der Waals surface area contributed by atoms with Crippen LogP contribution in [-0.2, 0) is 13.6 Å². The first-order chi connectivity index (χ1) is 8.91. The molecule has 0 aliphatic carbocycles. The molecule has 0 heterocycles. The zero-order valence-corrected chi connectivity index (χ0v) is 13.1. The Labute approximate surface area is 117 Å². The first-order valence-corrected chi connectivity index (χ1v) is 8.79. The summed E-state index contributed by atoms with van der Waals surface area (Å²) in [5.41, 5.74) is 16.9. The Kier molecular flexibility index (Phi) is 10.8. The zero-order valence-electron chi connectivity index (χ0n) is 12.2. The van der Waals surface area contributed by atoms with Crippen LogP contribution < -0.4 is 17.0 Å². The van der Waals surface area contributed by atoms with Gasteiger partial charge in [-0.25, -0.2) is 10.1 Å². The van der Waals surface area contributed by atoms with Crippen LogP contribution in [0.1, 0.15) is 65.2 Å². The highest BCUT2D eigenvalue weighted by Crippen LogP contribution is 2.41. The molecule has 0 bridgehead atoms. The third-order valence-electron chi connectivity index (χ3n) is 2.75. The predicted molar refractivity (Wildman–Crippen MR) is 78.2 cm³/mol. The summed E-state index contributed by atoms with van der Waals surface area (Å²) in [4.78, 5) is 0. The summed E-state index contributed by atoms with van der Waals surface area (Å²) in [6.45, 7) is 4.19. The fourth-order valence-electron chi connectivity index (χ4n) is 1.70. The maximum absolute atomic E-state index is 11.9. The molecule has 0 aromatic heterocycles. The van der Waals surface area contributed by atoms with E-state index < -0.39 is 20.2 Å². The lowest BCUT2D eigenvalue weighted by atomic mass is 10.2. The van der Waals surface area contributed by atoms with Crippen LogP contribution in [0.25, 0.3) is 0 Å². The number of hydrogen-bond acceptors (Lipinski definition) is 5. The Morgan fingerprint density at radius 2 is 1.26 bits per heavy atom. The summed E-state index contributed by atoms with van der Waals surface area (Å²) in [6, 6.07) is 0. The Bertz CT molecular complexity index is 245. The van der Waals surface area contributed by atoms with E-state index in [2.05, 4.69) is 13.8 Å². The first-order valence-electron chi connectivity index (χ1n) is 7.17. The summed E-state index contributed by atoms with van der Waals surface area (Å²) in [5.74, 6) is 0. The quantitative estimate of drug-likeness (QED) is 0.290. The van der Waals surface area contributed by atoms with Crippen molar-refractivity contribution in [3.05, 3.63) is 0 Å². The molecular weight excluding hydrogens is 265 g/mol. The predicted octanol–water partition coefficient (Wildman–Crippen LogP) is 2.82. The summed E-state index contributed by atoms with van der Waals surface area (Å²) in [6.07, 6.45) is 6.04. The van der Waals surface area contributed by atoms with Crippen LogP contribution in [-0.4, -0.2) is 12.5 Å². The van der Waals surface area contributed by atoms with E-state index in [1.807, 2.05) is 0 Å². The Morgan fingerprint density at radius 1 is 0.895 bits per heavy atom. The topological polar surface area (TPSA) is 114 Å². The van der Waals surface area contributed by atoms with Crippen molar-refractivity contribution in [1.82, 2.24) is 0 Å². The van der Waals surface area contributed by atoms with Gasteiger partial charge in [-0.1, -0.05) is 39.5 Å². The van der Waals surface area contributed by atoms with Crippen molar-refractivity contribution in [2.75, 3.05) is 0 Å². The van der Waals surface area contributed by atoms with Crippen molar-refractivity contribution in [1.29, 1.82) is 0 Å². The van der Waals surface area contributed by atoms with E-state index >= 15 is 0 Å². The van der Waals surface area contributed by atoms with Gasteiger partial charge in [0.2, 0.25) is 0 Å². The number of hydrogen-bond donors (Lipinski definition) is 3. The molecule has 2 atom stereocenters. The molecule has 0 rings (SSSR count). The fourth-order valence-corrected chi connectivity index (χ4v) is 2.71. The van der Waals surface area contributed by atoms with Gasteiger partial charge in [-0.15, -0.1) is 0 Å². The van der Waals surface area contributed by atoms with Gasteiger partial charge in [0.1, 0.15) is 12.5 Å². The number of nitrogens with two attached hydrogens (primary N) is 3. The lowest BCUT2D eigenvalue weighted by Gasteiger charge is -2.21. The molecule has 0 aromatic carbocycles. The minimum atomic E-state index is -3.65. The molecule has 0 aliphatic heterocycles. The molecular formula is C12H30N3O3P. The molecule has 0 spiro atoms.